The van der Waals surface area contributed by atoms with E-state index in [1.165, 1.54) is 0 Å². The lowest BCUT2D eigenvalue weighted by Crippen LogP contribution is -2.29. The zero-order chi connectivity index (χ0) is 22.5. The maximum atomic E-state index is 12.8. The fourth-order valence-corrected chi connectivity index (χ4v) is 3.91. The van der Waals surface area contributed by atoms with Gasteiger partial charge in [0.15, 0.2) is 0 Å². The highest BCUT2D eigenvalue weighted by atomic mass is 16.5. The summed E-state index contributed by atoms with van der Waals surface area (Å²) < 4.78 is 8.17. The molecule has 4 rings (SSSR count). The van der Waals surface area contributed by atoms with Gasteiger partial charge in [0.05, 0.1) is 23.7 Å². The first-order valence-electron chi connectivity index (χ1n) is 11.0. The quantitative estimate of drug-likeness (QED) is 0.372. The molecule has 32 heavy (non-hydrogen) atoms. The molecular weight excluding hydrogens is 398 g/mol. The van der Waals surface area contributed by atoms with E-state index in [-0.39, 0.29) is 11.9 Å². The first-order valence-corrected chi connectivity index (χ1v) is 11.0. The minimum Gasteiger partial charge on any atom is -0.493 e. The van der Waals surface area contributed by atoms with Gasteiger partial charge >= 0.3 is 0 Å². The second-order valence-corrected chi connectivity index (χ2v) is 8.14. The van der Waals surface area contributed by atoms with Gasteiger partial charge < -0.3 is 14.6 Å². The topological polar surface area (TPSA) is 56.2 Å². The van der Waals surface area contributed by atoms with Crippen LogP contribution in [0.2, 0.25) is 0 Å². The van der Waals surface area contributed by atoms with Crippen LogP contribution in [-0.4, -0.2) is 22.1 Å². The summed E-state index contributed by atoms with van der Waals surface area (Å²) >= 11 is 0. The molecule has 5 nitrogen and oxygen atoms in total. The predicted molar refractivity (Wildman–Crippen MR) is 128 cm³/mol. The van der Waals surface area contributed by atoms with Crippen LogP contribution in [-0.2, 0) is 6.54 Å². The molecule has 4 aromatic rings. The van der Waals surface area contributed by atoms with Crippen molar-refractivity contribution in [1.82, 2.24) is 14.9 Å². The molecule has 1 atom stereocenters. The Morgan fingerprint density at radius 3 is 2.62 bits per heavy atom. The van der Waals surface area contributed by atoms with Crippen LogP contribution in [0.15, 0.2) is 72.8 Å². The van der Waals surface area contributed by atoms with Crippen molar-refractivity contribution in [3.63, 3.8) is 0 Å². The van der Waals surface area contributed by atoms with Crippen molar-refractivity contribution in [2.24, 2.45) is 0 Å². The highest BCUT2D eigenvalue weighted by Gasteiger charge is 2.19. The lowest BCUT2D eigenvalue weighted by atomic mass is 10.1. The molecular formula is C27H29N3O2. The van der Waals surface area contributed by atoms with E-state index < -0.39 is 0 Å². The van der Waals surface area contributed by atoms with E-state index in [0.717, 1.165) is 46.7 Å². The van der Waals surface area contributed by atoms with Crippen molar-refractivity contribution in [3.8, 4) is 5.75 Å². The van der Waals surface area contributed by atoms with Crippen LogP contribution < -0.4 is 10.1 Å². The number of fused-ring (bicyclic) bond motifs is 1. The smallest absolute Gasteiger partial charge is 0.251 e. The number of nitrogens with one attached hydrogen (secondary N) is 1. The van der Waals surface area contributed by atoms with Gasteiger partial charge in [-0.1, -0.05) is 48.0 Å². The minimum absolute atomic E-state index is 0.0947. The van der Waals surface area contributed by atoms with Crippen LogP contribution >= 0.6 is 0 Å². The summed E-state index contributed by atoms with van der Waals surface area (Å²) in [5.41, 5.74) is 4.85. The molecule has 0 saturated carbocycles. The third-order valence-electron chi connectivity index (χ3n) is 5.58. The van der Waals surface area contributed by atoms with E-state index in [1.807, 2.05) is 74.5 Å². The van der Waals surface area contributed by atoms with Gasteiger partial charge in [0.2, 0.25) is 0 Å². The molecule has 1 N–H and O–H groups in total. The fraction of sp³-hybridized carbons (Fsp3) is 0.259. The predicted octanol–water partition coefficient (Wildman–Crippen LogP) is 5.61. The molecule has 0 aliphatic heterocycles. The molecule has 3 aromatic carbocycles. The molecule has 1 unspecified atom stereocenters. The number of nitrogens with zero attached hydrogens (tertiary/aromatic N) is 2. The zero-order valence-corrected chi connectivity index (χ0v) is 18.8. The van der Waals surface area contributed by atoms with Crippen molar-refractivity contribution < 1.29 is 9.53 Å². The van der Waals surface area contributed by atoms with Gasteiger partial charge in [-0.05, 0) is 63.1 Å². The van der Waals surface area contributed by atoms with Gasteiger partial charge in [-0.2, -0.15) is 0 Å². The number of carbonyl (C=O) groups excluding carboxylic acids is 1. The Bertz CT molecular complexity index is 1230. The normalized spacial score (nSPS) is 12.0. The van der Waals surface area contributed by atoms with Crippen LogP contribution in [0.5, 0.6) is 5.75 Å². The monoisotopic (exact) mass is 427 g/mol. The lowest BCUT2D eigenvalue weighted by Gasteiger charge is -2.17. The number of hydrogen-bond donors (Lipinski definition) is 1. The highest BCUT2D eigenvalue weighted by molar-refractivity contribution is 5.94. The van der Waals surface area contributed by atoms with Crippen molar-refractivity contribution in [2.75, 3.05) is 6.61 Å². The maximum absolute atomic E-state index is 12.8. The molecule has 0 fully saturated rings. The summed E-state index contributed by atoms with van der Waals surface area (Å²) in [6.07, 6.45) is 0.834. The molecule has 164 valence electrons. The standard InChI is InChI=1S/C27H29N3O2/c1-19-10-8-12-22(18-19)27(31)28-21(3)26-29-23-13-5-6-14-24(23)30(26)16-9-17-32-25-15-7-4-11-20(25)2/h4-8,10-15,18,21H,9,16-17H2,1-3H3,(H,28,31). The number of benzene rings is 3. The summed E-state index contributed by atoms with van der Waals surface area (Å²) in [6, 6.07) is 23.5. The van der Waals surface area contributed by atoms with Crippen LogP contribution in [0.3, 0.4) is 0 Å². The Kier molecular flexibility index (Phi) is 6.55. The second-order valence-electron chi connectivity index (χ2n) is 8.14. The number of ether oxygens (including phenoxy) is 1. The number of carbonyl (C=O) groups is 1. The molecule has 0 aliphatic carbocycles. The van der Waals surface area contributed by atoms with Crippen LogP contribution in [0.4, 0.5) is 0 Å². The molecule has 0 saturated heterocycles. The molecule has 0 aliphatic rings. The van der Waals surface area contributed by atoms with Gasteiger partial charge in [-0.3, -0.25) is 4.79 Å². The average Bonchev–Trinajstić information content (AvgIpc) is 3.16. The van der Waals surface area contributed by atoms with Crippen LogP contribution in [0, 0.1) is 13.8 Å². The Morgan fingerprint density at radius 2 is 1.81 bits per heavy atom. The van der Waals surface area contributed by atoms with Crippen molar-refractivity contribution in [1.29, 1.82) is 0 Å². The Morgan fingerprint density at radius 1 is 1.03 bits per heavy atom. The number of hydrogen-bond acceptors (Lipinski definition) is 3. The number of imidazole rings is 1. The summed E-state index contributed by atoms with van der Waals surface area (Å²) in [4.78, 5) is 17.6. The first kappa shape index (κ1) is 21.6. The minimum atomic E-state index is -0.229. The highest BCUT2D eigenvalue weighted by Crippen LogP contribution is 2.22. The number of rotatable bonds is 8. The van der Waals surface area contributed by atoms with Crippen LogP contribution in [0.25, 0.3) is 11.0 Å². The molecule has 5 heteroatoms. The molecule has 1 aromatic heterocycles. The second kappa shape index (κ2) is 9.69. The van der Waals surface area contributed by atoms with Gasteiger partial charge in [0.25, 0.3) is 5.91 Å². The van der Waals surface area contributed by atoms with E-state index in [1.54, 1.807) is 0 Å². The molecule has 1 heterocycles. The SMILES string of the molecule is Cc1cccc(C(=O)NC(C)c2nc3ccccc3n2CCCOc2ccccc2C)c1. The molecule has 1 amide bonds. The molecule has 0 radical (unpaired) electrons. The van der Waals surface area contributed by atoms with E-state index in [2.05, 4.69) is 28.9 Å². The van der Waals surface area contributed by atoms with E-state index in [4.69, 9.17) is 9.72 Å². The maximum Gasteiger partial charge on any atom is 0.251 e. The van der Waals surface area contributed by atoms with Gasteiger partial charge in [-0.15, -0.1) is 0 Å². The first-order chi connectivity index (χ1) is 15.5. The van der Waals surface area contributed by atoms with E-state index >= 15 is 0 Å². The van der Waals surface area contributed by atoms with Crippen molar-refractivity contribution in [2.45, 2.75) is 39.8 Å². The number of aryl methyl sites for hydroxylation is 3. The Balaban J connectivity index is 1.49. The third kappa shape index (κ3) is 4.83. The largest absolute Gasteiger partial charge is 0.493 e. The Labute approximate surface area is 189 Å². The summed E-state index contributed by atoms with van der Waals surface area (Å²) in [6.45, 7) is 7.39. The van der Waals surface area contributed by atoms with Crippen molar-refractivity contribution >= 4 is 16.9 Å². The Hall–Kier alpha value is -3.60. The number of amides is 1. The molecule has 0 spiro atoms. The van der Waals surface area contributed by atoms with E-state index in [0.29, 0.717) is 12.2 Å². The van der Waals surface area contributed by atoms with E-state index in [9.17, 15) is 4.79 Å². The average molecular weight is 428 g/mol. The van der Waals surface area contributed by atoms with Crippen LogP contribution in [0.1, 0.15) is 46.7 Å². The summed E-state index contributed by atoms with van der Waals surface area (Å²) in [5, 5.41) is 3.11. The fourth-order valence-electron chi connectivity index (χ4n) is 3.91. The van der Waals surface area contributed by atoms with Gasteiger partial charge in [0.1, 0.15) is 11.6 Å². The number of para-hydroxylation sites is 3. The molecule has 0 bridgehead atoms. The zero-order valence-electron chi connectivity index (χ0n) is 18.8. The third-order valence-corrected chi connectivity index (χ3v) is 5.58. The van der Waals surface area contributed by atoms with Gasteiger partial charge in [0, 0.05) is 12.1 Å². The number of aromatic nitrogens is 2. The summed E-state index contributed by atoms with van der Waals surface area (Å²) in [7, 11) is 0. The van der Waals surface area contributed by atoms with Crippen molar-refractivity contribution in [3.05, 3.63) is 95.3 Å². The lowest BCUT2D eigenvalue weighted by molar-refractivity contribution is 0.0937. The summed E-state index contributed by atoms with van der Waals surface area (Å²) in [5.74, 6) is 1.67. The van der Waals surface area contributed by atoms with Gasteiger partial charge in [-0.25, -0.2) is 4.98 Å².